The Hall–Kier alpha value is -3.36. The van der Waals surface area contributed by atoms with Crippen LogP contribution < -0.4 is 5.73 Å². The minimum atomic E-state index is -4.41. The molecule has 2 heterocycles. The lowest BCUT2D eigenvalue weighted by molar-refractivity contribution is -0.137. The fourth-order valence-corrected chi connectivity index (χ4v) is 3.76. The third kappa shape index (κ3) is 4.92. The fraction of sp³-hybridized carbons (Fsp3) is 0.348. The van der Waals surface area contributed by atoms with Crippen LogP contribution in [0.2, 0.25) is 0 Å². The number of hydrogen-bond donors (Lipinski definition) is 2. The van der Waals surface area contributed by atoms with Crippen LogP contribution in [0.4, 0.5) is 13.2 Å². The summed E-state index contributed by atoms with van der Waals surface area (Å²) in [5.41, 5.74) is 6.80. The highest BCUT2D eigenvalue weighted by molar-refractivity contribution is 6.12. The maximum absolute atomic E-state index is 12.9. The van der Waals surface area contributed by atoms with Crippen LogP contribution in [-0.4, -0.2) is 40.4 Å². The summed E-state index contributed by atoms with van der Waals surface area (Å²) < 4.78 is 38.4. The smallest absolute Gasteiger partial charge is 0.396 e. The van der Waals surface area contributed by atoms with Crippen LogP contribution in [0.15, 0.2) is 58.9 Å². The predicted octanol–water partition coefficient (Wildman–Crippen LogP) is 3.96. The lowest BCUT2D eigenvalue weighted by atomic mass is 9.78. The van der Waals surface area contributed by atoms with E-state index in [-0.39, 0.29) is 30.5 Å². The standard InChI is InChI=1S/C23H25F3N4O2/c1-14(31)19(27)17-12-30(21(32)18-5-4-10-28-18)13-22(2,3)20(17)29-11-15-6-8-16(9-7-15)23(24,25)26/h4-10,28H,11-13,27H2,1-3H3/b19-17-,29-20?. The Balaban J connectivity index is 1.94. The van der Waals surface area contributed by atoms with E-state index in [2.05, 4.69) is 9.98 Å². The second-order valence-electron chi connectivity index (χ2n) is 8.44. The molecule has 0 unspecified atom stereocenters. The molecule has 1 fully saturated rings. The van der Waals surface area contributed by atoms with Crippen molar-refractivity contribution in [1.29, 1.82) is 0 Å². The number of amides is 1. The average molecular weight is 446 g/mol. The first-order valence-electron chi connectivity index (χ1n) is 10.0. The van der Waals surface area contributed by atoms with Crippen molar-refractivity contribution in [2.75, 3.05) is 13.1 Å². The second kappa shape index (κ2) is 8.64. The summed E-state index contributed by atoms with van der Waals surface area (Å²) in [5, 5.41) is 0. The van der Waals surface area contributed by atoms with Crippen molar-refractivity contribution in [1.82, 2.24) is 9.88 Å². The monoisotopic (exact) mass is 446 g/mol. The van der Waals surface area contributed by atoms with Crippen molar-refractivity contribution in [3.05, 3.63) is 70.7 Å². The summed E-state index contributed by atoms with van der Waals surface area (Å²) in [6, 6.07) is 8.17. The minimum absolute atomic E-state index is 0.0215. The number of rotatable bonds is 4. The minimum Gasteiger partial charge on any atom is -0.396 e. The molecule has 1 amide bonds. The Morgan fingerprint density at radius 1 is 1.19 bits per heavy atom. The van der Waals surface area contributed by atoms with E-state index in [1.807, 2.05) is 13.8 Å². The van der Waals surface area contributed by atoms with Gasteiger partial charge in [-0.3, -0.25) is 14.6 Å². The maximum atomic E-state index is 12.9. The van der Waals surface area contributed by atoms with Gasteiger partial charge in [-0.2, -0.15) is 13.2 Å². The van der Waals surface area contributed by atoms with Crippen LogP contribution in [0.1, 0.15) is 42.4 Å². The van der Waals surface area contributed by atoms with Crippen molar-refractivity contribution in [2.24, 2.45) is 16.1 Å². The summed E-state index contributed by atoms with van der Waals surface area (Å²) in [6.45, 7) is 5.69. The number of carbonyl (C=O) groups excluding carboxylic acids is 2. The highest BCUT2D eigenvalue weighted by Crippen LogP contribution is 2.33. The van der Waals surface area contributed by atoms with E-state index >= 15 is 0 Å². The SMILES string of the molecule is CC(=O)/C(N)=C1\CN(C(=O)c2ccc[nH]2)CC(C)(C)C1=NCc1ccc(C(F)(F)F)cc1. The third-order valence-corrected chi connectivity index (χ3v) is 5.38. The lowest BCUT2D eigenvalue weighted by Gasteiger charge is -2.41. The molecule has 0 atom stereocenters. The molecule has 1 saturated heterocycles. The number of ketones is 1. The van der Waals surface area contributed by atoms with E-state index < -0.39 is 17.2 Å². The Morgan fingerprint density at radius 3 is 2.38 bits per heavy atom. The molecule has 0 saturated carbocycles. The number of likely N-dealkylation sites (tertiary alicyclic amines) is 1. The number of nitrogens with one attached hydrogen (secondary N) is 1. The number of aromatic amines is 1. The van der Waals surface area contributed by atoms with Gasteiger partial charge in [-0.05, 0) is 29.8 Å². The van der Waals surface area contributed by atoms with Gasteiger partial charge < -0.3 is 15.6 Å². The summed E-state index contributed by atoms with van der Waals surface area (Å²) in [4.78, 5) is 34.1. The number of allylic oxidation sites excluding steroid dienone is 1. The van der Waals surface area contributed by atoms with Gasteiger partial charge in [-0.25, -0.2) is 0 Å². The largest absolute Gasteiger partial charge is 0.416 e. The number of aliphatic imine (C=N–C) groups is 1. The Morgan fingerprint density at radius 2 is 1.84 bits per heavy atom. The lowest BCUT2D eigenvalue weighted by Crippen LogP contribution is -2.51. The number of halogens is 3. The van der Waals surface area contributed by atoms with Crippen molar-refractivity contribution in [3.63, 3.8) is 0 Å². The molecule has 0 bridgehead atoms. The number of Topliss-reactive ketones (excluding diaryl/α,β-unsaturated/α-hetero) is 1. The molecule has 3 N–H and O–H groups in total. The first-order chi connectivity index (χ1) is 14.9. The summed E-state index contributed by atoms with van der Waals surface area (Å²) in [7, 11) is 0. The van der Waals surface area contributed by atoms with Crippen molar-refractivity contribution in [3.8, 4) is 0 Å². The van der Waals surface area contributed by atoms with Crippen LogP contribution in [0.5, 0.6) is 0 Å². The van der Waals surface area contributed by atoms with E-state index in [0.29, 0.717) is 29.1 Å². The van der Waals surface area contributed by atoms with E-state index in [9.17, 15) is 22.8 Å². The number of piperidine rings is 1. The normalized spacial score (nSPS) is 19.2. The second-order valence-corrected chi connectivity index (χ2v) is 8.44. The molecule has 9 heteroatoms. The summed E-state index contributed by atoms with van der Waals surface area (Å²) in [6.07, 6.45) is -2.75. The van der Waals surface area contributed by atoms with Crippen LogP contribution >= 0.6 is 0 Å². The number of aromatic nitrogens is 1. The van der Waals surface area contributed by atoms with E-state index in [1.54, 1.807) is 23.2 Å². The van der Waals surface area contributed by atoms with Gasteiger partial charge in [0.2, 0.25) is 0 Å². The van der Waals surface area contributed by atoms with Crippen LogP contribution in [0, 0.1) is 5.41 Å². The number of carbonyl (C=O) groups is 2. The highest BCUT2D eigenvalue weighted by atomic mass is 19.4. The molecule has 1 aromatic heterocycles. The van der Waals surface area contributed by atoms with Gasteiger partial charge in [0.05, 0.1) is 24.4 Å². The molecule has 32 heavy (non-hydrogen) atoms. The topological polar surface area (TPSA) is 91.5 Å². The molecule has 3 rings (SSSR count). The zero-order valence-electron chi connectivity index (χ0n) is 18.1. The number of alkyl halides is 3. The van der Waals surface area contributed by atoms with Crippen molar-refractivity contribution < 1.29 is 22.8 Å². The molecular formula is C23H25F3N4O2. The maximum Gasteiger partial charge on any atom is 0.416 e. The van der Waals surface area contributed by atoms with Gasteiger partial charge in [0, 0.05) is 36.4 Å². The zero-order chi connectivity index (χ0) is 23.7. The molecule has 1 aliphatic heterocycles. The molecule has 2 aromatic rings. The summed E-state index contributed by atoms with van der Waals surface area (Å²) >= 11 is 0. The van der Waals surface area contributed by atoms with Gasteiger partial charge in [0.25, 0.3) is 5.91 Å². The van der Waals surface area contributed by atoms with E-state index in [4.69, 9.17) is 5.73 Å². The van der Waals surface area contributed by atoms with Gasteiger partial charge in [0.15, 0.2) is 5.78 Å². The molecule has 0 spiro atoms. The number of nitrogens with zero attached hydrogens (tertiary/aromatic N) is 2. The molecular weight excluding hydrogens is 421 g/mol. The van der Waals surface area contributed by atoms with Crippen molar-refractivity contribution in [2.45, 2.75) is 33.5 Å². The molecule has 1 aliphatic rings. The quantitative estimate of drug-likeness (QED) is 0.697. The van der Waals surface area contributed by atoms with Gasteiger partial charge in [-0.15, -0.1) is 0 Å². The third-order valence-electron chi connectivity index (χ3n) is 5.38. The zero-order valence-corrected chi connectivity index (χ0v) is 18.1. The van der Waals surface area contributed by atoms with Gasteiger partial charge in [0.1, 0.15) is 5.69 Å². The highest BCUT2D eigenvalue weighted by Gasteiger charge is 2.39. The number of benzene rings is 1. The van der Waals surface area contributed by atoms with Crippen LogP contribution in [-0.2, 0) is 17.5 Å². The Bertz CT molecular complexity index is 1070. The molecule has 0 aliphatic carbocycles. The summed E-state index contributed by atoms with van der Waals surface area (Å²) in [5.74, 6) is -0.564. The van der Waals surface area contributed by atoms with Crippen LogP contribution in [0.25, 0.3) is 0 Å². The van der Waals surface area contributed by atoms with Gasteiger partial charge >= 0.3 is 6.18 Å². The fourth-order valence-electron chi connectivity index (χ4n) is 3.76. The van der Waals surface area contributed by atoms with E-state index in [0.717, 1.165) is 12.1 Å². The predicted molar refractivity (Wildman–Crippen MR) is 115 cm³/mol. The number of H-pyrrole nitrogens is 1. The Labute approximate surface area is 184 Å². The molecule has 1 aromatic carbocycles. The number of nitrogens with two attached hydrogens (primary N) is 1. The molecule has 6 nitrogen and oxygen atoms in total. The van der Waals surface area contributed by atoms with Crippen LogP contribution in [0.3, 0.4) is 0 Å². The Kier molecular flexibility index (Phi) is 6.29. The molecule has 0 radical (unpaired) electrons. The van der Waals surface area contributed by atoms with Crippen molar-refractivity contribution >= 4 is 17.4 Å². The first kappa shape index (κ1) is 23.3. The number of hydrogen-bond acceptors (Lipinski definition) is 4. The first-order valence-corrected chi connectivity index (χ1v) is 10.0. The average Bonchev–Trinajstić information content (AvgIpc) is 3.25. The molecule has 170 valence electrons. The van der Waals surface area contributed by atoms with E-state index in [1.165, 1.54) is 19.1 Å². The van der Waals surface area contributed by atoms with Gasteiger partial charge in [-0.1, -0.05) is 26.0 Å².